The van der Waals surface area contributed by atoms with Gasteiger partial charge in [-0.25, -0.2) is 4.79 Å². The summed E-state index contributed by atoms with van der Waals surface area (Å²) in [7, 11) is 2.10. The molecule has 4 rings (SSSR count). The Bertz CT molecular complexity index is 733. The minimum Gasteiger partial charge on any atom is -0.370 e. The van der Waals surface area contributed by atoms with Crippen molar-refractivity contribution in [3.8, 4) is 0 Å². The lowest BCUT2D eigenvalue weighted by atomic mass is 9.93. The van der Waals surface area contributed by atoms with E-state index in [2.05, 4.69) is 28.2 Å². The number of likely N-dealkylation sites (tertiary alicyclic amines) is 1. The SMILES string of the molecule is CN1CCN(C(=O)CC2CCN(C(=O)Nc3ccccc3N3CCCC3)CC2)CC1. The molecule has 3 amide bonds. The predicted octanol–water partition coefficient (Wildman–Crippen LogP) is 2.69. The lowest BCUT2D eigenvalue weighted by molar-refractivity contribution is -0.134. The van der Waals surface area contributed by atoms with E-state index in [0.29, 0.717) is 12.3 Å². The van der Waals surface area contributed by atoms with Crippen LogP contribution in [0.25, 0.3) is 0 Å². The number of likely N-dealkylation sites (N-methyl/N-ethyl adjacent to an activating group) is 1. The summed E-state index contributed by atoms with van der Waals surface area (Å²) >= 11 is 0. The van der Waals surface area contributed by atoms with Crippen LogP contribution in [0.5, 0.6) is 0 Å². The van der Waals surface area contributed by atoms with E-state index in [4.69, 9.17) is 0 Å². The Kier molecular flexibility index (Phi) is 6.77. The number of nitrogens with zero attached hydrogens (tertiary/aromatic N) is 4. The highest BCUT2D eigenvalue weighted by molar-refractivity contribution is 5.93. The summed E-state index contributed by atoms with van der Waals surface area (Å²) in [5, 5.41) is 3.13. The highest BCUT2D eigenvalue weighted by Gasteiger charge is 2.27. The van der Waals surface area contributed by atoms with Gasteiger partial charge in [0.05, 0.1) is 11.4 Å². The highest BCUT2D eigenvalue weighted by atomic mass is 16.2. The van der Waals surface area contributed by atoms with Crippen molar-refractivity contribution in [2.45, 2.75) is 32.1 Å². The monoisotopic (exact) mass is 413 g/mol. The summed E-state index contributed by atoms with van der Waals surface area (Å²) < 4.78 is 0. The zero-order valence-electron chi connectivity index (χ0n) is 18.2. The average Bonchev–Trinajstić information content (AvgIpc) is 3.30. The second-order valence-corrected chi connectivity index (χ2v) is 8.96. The molecule has 0 aromatic heterocycles. The second-order valence-electron chi connectivity index (χ2n) is 8.96. The Balaban J connectivity index is 1.25. The maximum Gasteiger partial charge on any atom is 0.321 e. The van der Waals surface area contributed by atoms with Gasteiger partial charge < -0.3 is 24.9 Å². The van der Waals surface area contributed by atoms with Crippen molar-refractivity contribution in [1.82, 2.24) is 14.7 Å². The van der Waals surface area contributed by atoms with E-state index in [1.807, 2.05) is 28.0 Å². The van der Waals surface area contributed by atoms with Crippen LogP contribution < -0.4 is 10.2 Å². The van der Waals surface area contributed by atoms with Crippen LogP contribution in [0.2, 0.25) is 0 Å². The molecule has 3 aliphatic rings. The number of carbonyl (C=O) groups is 2. The molecule has 3 heterocycles. The standard InChI is InChI=1S/C23H35N5O2/c1-25-14-16-27(17-15-25)22(29)18-19-8-12-28(13-9-19)23(30)24-20-6-2-3-7-21(20)26-10-4-5-11-26/h2-3,6-7,19H,4-5,8-18H2,1H3,(H,24,30). The third-order valence-electron chi connectivity index (χ3n) is 6.81. The first kappa shape index (κ1) is 21.0. The third kappa shape index (κ3) is 5.06. The number of benzene rings is 1. The molecule has 3 fully saturated rings. The molecule has 7 nitrogen and oxygen atoms in total. The van der Waals surface area contributed by atoms with Crippen molar-refractivity contribution in [3.05, 3.63) is 24.3 Å². The molecule has 0 radical (unpaired) electrons. The summed E-state index contributed by atoms with van der Waals surface area (Å²) in [6.07, 6.45) is 4.85. The van der Waals surface area contributed by atoms with Crippen molar-refractivity contribution in [3.63, 3.8) is 0 Å². The smallest absolute Gasteiger partial charge is 0.321 e. The van der Waals surface area contributed by atoms with E-state index in [1.165, 1.54) is 12.8 Å². The topological polar surface area (TPSA) is 59.1 Å². The number of piperazine rings is 1. The Morgan fingerprint density at radius 2 is 1.57 bits per heavy atom. The summed E-state index contributed by atoms with van der Waals surface area (Å²) in [5.74, 6) is 0.670. The molecule has 0 atom stereocenters. The van der Waals surface area contributed by atoms with Gasteiger partial charge >= 0.3 is 6.03 Å². The van der Waals surface area contributed by atoms with Crippen molar-refractivity contribution < 1.29 is 9.59 Å². The fraction of sp³-hybridized carbons (Fsp3) is 0.652. The fourth-order valence-corrected chi connectivity index (χ4v) is 4.78. The number of para-hydroxylation sites is 2. The van der Waals surface area contributed by atoms with Crippen molar-refractivity contribution in [1.29, 1.82) is 0 Å². The van der Waals surface area contributed by atoms with Gasteiger partial charge in [0.2, 0.25) is 5.91 Å². The molecule has 0 saturated carbocycles. The maximum atomic E-state index is 12.9. The summed E-state index contributed by atoms with van der Waals surface area (Å²) in [5.41, 5.74) is 2.02. The minimum atomic E-state index is -0.0227. The predicted molar refractivity (Wildman–Crippen MR) is 120 cm³/mol. The molecular weight excluding hydrogens is 378 g/mol. The Labute approximate surface area is 180 Å². The minimum absolute atomic E-state index is 0.0227. The van der Waals surface area contributed by atoms with Crippen LogP contribution in [0.3, 0.4) is 0 Å². The van der Waals surface area contributed by atoms with Crippen LogP contribution in [-0.4, -0.2) is 86.0 Å². The number of rotatable bonds is 4. The first-order valence-corrected chi connectivity index (χ1v) is 11.5. The van der Waals surface area contributed by atoms with E-state index >= 15 is 0 Å². The summed E-state index contributed by atoms with van der Waals surface area (Å²) in [4.78, 5) is 34.0. The van der Waals surface area contributed by atoms with Crippen LogP contribution in [0, 0.1) is 5.92 Å². The molecule has 30 heavy (non-hydrogen) atoms. The molecule has 3 saturated heterocycles. The van der Waals surface area contributed by atoms with Gasteiger partial charge in [0, 0.05) is 58.8 Å². The molecule has 1 aromatic rings. The zero-order valence-corrected chi connectivity index (χ0v) is 18.2. The first-order chi connectivity index (χ1) is 14.6. The average molecular weight is 414 g/mol. The number of amides is 3. The largest absolute Gasteiger partial charge is 0.370 e. The molecule has 0 unspecified atom stereocenters. The van der Waals surface area contributed by atoms with Gasteiger partial charge in [-0.3, -0.25) is 4.79 Å². The van der Waals surface area contributed by atoms with Gasteiger partial charge in [-0.05, 0) is 50.8 Å². The molecule has 1 aromatic carbocycles. The normalized spacial score (nSPS) is 21.2. The van der Waals surface area contributed by atoms with Crippen molar-refractivity contribution in [2.24, 2.45) is 5.92 Å². The van der Waals surface area contributed by atoms with Crippen LogP contribution >= 0.6 is 0 Å². The lowest BCUT2D eigenvalue weighted by Crippen LogP contribution is -2.48. The number of hydrogen-bond donors (Lipinski definition) is 1. The first-order valence-electron chi connectivity index (χ1n) is 11.5. The van der Waals surface area contributed by atoms with Gasteiger partial charge in [-0.15, -0.1) is 0 Å². The van der Waals surface area contributed by atoms with Crippen molar-refractivity contribution >= 4 is 23.3 Å². The van der Waals surface area contributed by atoms with Crippen LogP contribution in [0.4, 0.5) is 16.2 Å². The lowest BCUT2D eigenvalue weighted by Gasteiger charge is -2.35. The molecule has 0 aliphatic carbocycles. The summed E-state index contributed by atoms with van der Waals surface area (Å²) in [6, 6.07) is 8.08. The Hall–Kier alpha value is -2.28. The number of carbonyl (C=O) groups excluding carboxylic acids is 2. The fourth-order valence-electron chi connectivity index (χ4n) is 4.78. The summed E-state index contributed by atoms with van der Waals surface area (Å²) in [6.45, 7) is 7.16. The quantitative estimate of drug-likeness (QED) is 0.825. The molecule has 0 bridgehead atoms. The van der Waals surface area contributed by atoms with Crippen LogP contribution in [0.15, 0.2) is 24.3 Å². The van der Waals surface area contributed by atoms with E-state index in [-0.39, 0.29) is 11.9 Å². The molecule has 164 valence electrons. The van der Waals surface area contributed by atoms with E-state index in [9.17, 15) is 9.59 Å². The molecule has 3 aliphatic heterocycles. The van der Waals surface area contributed by atoms with Gasteiger partial charge in [-0.2, -0.15) is 0 Å². The van der Waals surface area contributed by atoms with Crippen molar-refractivity contribution in [2.75, 3.05) is 69.6 Å². The number of hydrogen-bond acceptors (Lipinski definition) is 4. The van der Waals surface area contributed by atoms with E-state index in [1.54, 1.807) is 0 Å². The van der Waals surface area contributed by atoms with Gasteiger partial charge in [0.25, 0.3) is 0 Å². The van der Waals surface area contributed by atoms with Gasteiger partial charge in [0.15, 0.2) is 0 Å². The maximum absolute atomic E-state index is 12.9. The molecular formula is C23H35N5O2. The Morgan fingerprint density at radius 3 is 2.27 bits per heavy atom. The molecule has 1 N–H and O–H groups in total. The van der Waals surface area contributed by atoms with Crippen LogP contribution in [0.1, 0.15) is 32.1 Å². The number of anilines is 2. The Morgan fingerprint density at radius 1 is 0.900 bits per heavy atom. The van der Waals surface area contributed by atoms with E-state index in [0.717, 1.165) is 76.6 Å². The zero-order chi connectivity index (χ0) is 20.9. The van der Waals surface area contributed by atoms with Gasteiger partial charge in [-0.1, -0.05) is 12.1 Å². The number of piperidine rings is 1. The second kappa shape index (κ2) is 9.69. The molecule has 7 heteroatoms. The van der Waals surface area contributed by atoms with E-state index < -0.39 is 0 Å². The highest BCUT2D eigenvalue weighted by Crippen LogP contribution is 2.29. The van der Waals surface area contributed by atoms with Gasteiger partial charge in [0.1, 0.15) is 0 Å². The van der Waals surface area contributed by atoms with Crippen LogP contribution in [-0.2, 0) is 4.79 Å². The third-order valence-corrected chi connectivity index (χ3v) is 6.81. The number of nitrogens with one attached hydrogen (secondary N) is 1. The molecule has 0 spiro atoms. The number of urea groups is 1.